The van der Waals surface area contributed by atoms with E-state index in [9.17, 15) is 96.4 Å². The van der Waals surface area contributed by atoms with Crippen molar-refractivity contribution in [2.75, 3.05) is 13.2 Å². The molecule has 0 aromatic heterocycles. The summed E-state index contributed by atoms with van der Waals surface area (Å²) in [4.78, 5) is 26.2. The summed E-state index contributed by atoms with van der Waals surface area (Å²) in [6, 6.07) is 5.68. The monoisotopic (exact) mass is 938 g/mol. The first-order chi connectivity index (χ1) is 31.1. The third-order valence-corrected chi connectivity index (χ3v) is 10.0. The second-order valence-electron chi connectivity index (χ2n) is 14.6. The van der Waals surface area contributed by atoms with Crippen LogP contribution in [0.25, 0.3) is 0 Å². The summed E-state index contributed by atoms with van der Waals surface area (Å²) >= 11 is 0. The Bertz CT molecular complexity index is 2370. The van der Waals surface area contributed by atoms with Gasteiger partial charge in [-0.3, -0.25) is 0 Å². The number of carbonyl (C=O) groups is 2. The van der Waals surface area contributed by atoms with Crippen molar-refractivity contribution < 1.29 is 130 Å². The normalized spacial score (nSPS) is 25.2. The van der Waals surface area contributed by atoms with Crippen LogP contribution in [0.2, 0.25) is 0 Å². The molecule has 0 radical (unpaired) electrons. The van der Waals surface area contributed by atoms with Crippen LogP contribution in [0.15, 0.2) is 42.5 Å². The molecular formula is C40H42O26. The maximum absolute atomic E-state index is 13.3. The zero-order valence-corrected chi connectivity index (χ0v) is 33.4. The maximum Gasteiger partial charge on any atom is 0.342 e. The maximum atomic E-state index is 13.3. The van der Waals surface area contributed by atoms with Crippen molar-refractivity contribution in [3.05, 3.63) is 64.7 Å². The molecule has 10 atom stereocenters. The summed E-state index contributed by atoms with van der Waals surface area (Å²) in [7, 11) is 0. The number of benzene rings is 4. The predicted octanol–water partition coefficient (Wildman–Crippen LogP) is -2.10. The molecule has 4 aromatic rings. The van der Waals surface area contributed by atoms with E-state index in [1.165, 1.54) is 0 Å². The number of ether oxygens (including phenoxy) is 7. The van der Waals surface area contributed by atoms with Crippen LogP contribution < -0.4 is 14.2 Å². The molecular weight excluding hydrogens is 896 g/mol. The standard InChI is InChI=1S/C40H42O26/c41-8-23-26(51)28(53)31(56)39(62-23)65-35-17(44)1-12(2-18(35)45)10-60-37(58)14-5-21(48)34(22(49)6-14)64-33-15(7-16(43)25(50)30(33)55)38(59)61-11-13-3-19(46)36(20(47)4-13)66-40-32(57)29(54)27(52)24(9-42)63-40/h1-7,23-24,26-29,31-32,39-57H,8-11H2/t23-,24+,26-,27+,28-,29-,31-,32-,39-,40+/m1/s1. The van der Waals surface area contributed by atoms with Crippen LogP contribution in [0.1, 0.15) is 31.8 Å². The van der Waals surface area contributed by atoms with E-state index in [0.717, 1.165) is 24.3 Å². The van der Waals surface area contributed by atoms with E-state index in [-0.39, 0.29) is 11.1 Å². The SMILES string of the molecule is O=C(OCc1cc(O)c(O[C@H]2O[C@H](CO)[C@@H](O)[C@@H](O)[C@H]2O)c(O)c1)c1cc(O)c(Oc2c(C(=O)OCc3cc(O)c(O[C@@H]4O[C@@H](CO)[C@H](O)[C@@H](O)[C@H]4O)c(O)c3)cc(O)c(O)c2O)c(O)c1. The van der Waals surface area contributed by atoms with Crippen LogP contribution in [0.5, 0.6) is 74.7 Å². The van der Waals surface area contributed by atoms with Gasteiger partial charge in [0.05, 0.1) is 18.8 Å². The third kappa shape index (κ3) is 9.82. The van der Waals surface area contributed by atoms with E-state index in [2.05, 4.69) is 0 Å². The van der Waals surface area contributed by atoms with Crippen LogP contribution in [0.3, 0.4) is 0 Å². The molecule has 66 heavy (non-hydrogen) atoms. The Morgan fingerprint density at radius 1 is 0.455 bits per heavy atom. The van der Waals surface area contributed by atoms with Gasteiger partial charge in [-0.2, -0.15) is 0 Å². The van der Waals surface area contributed by atoms with Gasteiger partial charge in [-0.25, -0.2) is 9.59 Å². The molecule has 17 N–H and O–H groups in total. The van der Waals surface area contributed by atoms with E-state index in [1.54, 1.807) is 0 Å². The molecule has 6 rings (SSSR count). The van der Waals surface area contributed by atoms with Gasteiger partial charge in [0.1, 0.15) is 67.6 Å². The van der Waals surface area contributed by atoms with Crippen molar-refractivity contribution >= 4 is 11.9 Å². The molecule has 26 heteroatoms. The summed E-state index contributed by atoms with van der Waals surface area (Å²) in [5.74, 6) is -14.9. The van der Waals surface area contributed by atoms with Crippen LogP contribution in [-0.2, 0) is 32.2 Å². The van der Waals surface area contributed by atoms with E-state index < -0.39 is 186 Å². The summed E-state index contributed by atoms with van der Waals surface area (Å²) in [6.07, 6.45) is -17.3. The second kappa shape index (κ2) is 19.6. The molecule has 2 saturated heterocycles. The van der Waals surface area contributed by atoms with Crippen molar-refractivity contribution in [3.63, 3.8) is 0 Å². The molecule has 0 bridgehead atoms. The van der Waals surface area contributed by atoms with Crippen LogP contribution in [0, 0.1) is 0 Å². The Kier molecular flexibility index (Phi) is 14.4. The first-order valence-electron chi connectivity index (χ1n) is 19.1. The first-order valence-corrected chi connectivity index (χ1v) is 19.1. The molecule has 2 aliphatic rings. The minimum atomic E-state index is -1.91. The van der Waals surface area contributed by atoms with Crippen molar-refractivity contribution in [3.8, 4) is 74.7 Å². The molecule has 0 aliphatic carbocycles. The van der Waals surface area contributed by atoms with Gasteiger partial charge >= 0.3 is 11.9 Å². The number of hydrogen-bond acceptors (Lipinski definition) is 26. The molecule has 2 fully saturated rings. The average molecular weight is 939 g/mol. The highest BCUT2D eigenvalue weighted by molar-refractivity contribution is 5.95. The van der Waals surface area contributed by atoms with Gasteiger partial charge in [-0.05, 0) is 47.5 Å². The lowest BCUT2D eigenvalue weighted by atomic mass is 9.99. The van der Waals surface area contributed by atoms with Crippen molar-refractivity contribution in [1.82, 2.24) is 0 Å². The summed E-state index contributed by atoms with van der Waals surface area (Å²) in [6.45, 7) is -3.05. The number of hydrogen-bond donors (Lipinski definition) is 17. The van der Waals surface area contributed by atoms with Crippen molar-refractivity contribution in [1.29, 1.82) is 0 Å². The highest BCUT2D eigenvalue weighted by atomic mass is 16.7. The molecule has 2 heterocycles. The fourth-order valence-corrected chi connectivity index (χ4v) is 6.54. The highest BCUT2D eigenvalue weighted by Gasteiger charge is 2.46. The van der Waals surface area contributed by atoms with Crippen LogP contribution in [-0.4, -0.2) is 173 Å². The number of aromatic hydroxyl groups is 9. The lowest BCUT2D eigenvalue weighted by Crippen LogP contribution is -2.60. The molecule has 0 spiro atoms. The Labute approximate surface area is 368 Å². The van der Waals surface area contributed by atoms with Crippen molar-refractivity contribution in [2.45, 2.75) is 74.6 Å². The van der Waals surface area contributed by atoms with Gasteiger partial charge in [0.15, 0.2) is 46.0 Å². The lowest BCUT2D eigenvalue weighted by molar-refractivity contribution is -0.277. The number of aliphatic hydroxyl groups is 8. The number of phenols is 9. The fourth-order valence-electron chi connectivity index (χ4n) is 6.54. The topological polar surface area (TPSA) is 443 Å². The molecule has 0 amide bonds. The van der Waals surface area contributed by atoms with E-state index >= 15 is 0 Å². The molecule has 4 aromatic carbocycles. The number of rotatable bonds is 14. The largest absolute Gasteiger partial charge is 0.504 e. The smallest absolute Gasteiger partial charge is 0.342 e. The predicted molar refractivity (Wildman–Crippen MR) is 208 cm³/mol. The van der Waals surface area contributed by atoms with Gasteiger partial charge in [-0.1, -0.05) is 0 Å². The quantitative estimate of drug-likeness (QED) is 0.0476. The van der Waals surface area contributed by atoms with Crippen LogP contribution >= 0.6 is 0 Å². The van der Waals surface area contributed by atoms with Gasteiger partial charge in [0, 0.05) is 6.07 Å². The summed E-state index contributed by atoms with van der Waals surface area (Å²) in [5, 5.41) is 174. The minimum Gasteiger partial charge on any atom is -0.504 e. The van der Waals surface area contributed by atoms with Gasteiger partial charge in [0.25, 0.3) is 0 Å². The summed E-state index contributed by atoms with van der Waals surface area (Å²) < 4.78 is 36.6. The summed E-state index contributed by atoms with van der Waals surface area (Å²) in [5.41, 5.74) is -1.60. The van der Waals surface area contributed by atoms with Gasteiger partial charge in [0.2, 0.25) is 41.3 Å². The zero-order valence-electron chi connectivity index (χ0n) is 33.4. The van der Waals surface area contributed by atoms with E-state index in [4.69, 9.17) is 33.2 Å². The Hall–Kier alpha value is -6.98. The number of carbonyl (C=O) groups excluding carboxylic acids is 2. The van der Waals surface area contributed by atoms with E-state index in [0.29, 0.717) is 18.2 Å². The fraction of sp³-hybridized carbons (Fsp3) is 0.350. The Morgan fingerprint density at radius 3 is 1.26 bits per heavy atom. The Morgan fingerprint density at radius 2 is 0.848 bits per heavy atom. The number of phenolic OH excluding ortho intramolecular Hbond substituents is 9. The Balaban J connectivity index is 1.12. The molecule has 358 valence electrons. The van der Waals surface area contributed by atoms with Gasteiger partial charge < -0.3 is 120 Å². The third-order valence-electron chi connectivity index (χ3n) is 10.0. The van der Waals surface area contributed by atoms with Crippen molar-refractivity contribution in [2.24, 2.45) is 0 Å². The molecule has 0 unspecified atom stereocenters. The number of esters is 2. The second-order valence-corrected chi connectivity index (χ2v) is 14.6. The minimum absolute atomic E-state index is 0.0682. The number of aliphatic hydroxyl groups excluding tert-OH is 8. The highest BCUT2D eigenvalue weighted by Crippen LogP contribution is 2.50. The van der Waals surface area contributed by atoms with Gasteiger partial charge in [-0.15, -0.1) is 0 Å². The molecule has 0 saturated carbocycles. The molecule has 2 aliphatic heterocycles. The zero-order chi connectivity index (χ0) is 48.5. The first kappa shape index (κ1) is 48.5. The average Bonchev–Trinajstić information content (AvgIpc) is 3.27. The molecule has 26 nitrogen and oxygen atoms in total. The van der Waals surface area contributed by atoms with Crippen LogP contribution in [0.4, 0.5) is 0 Å². The lowest BCUT2D eigenvalue weighted by Gasteiger charge is -2.39. The van der Waals surface area contributed by atoms with E-state index in [1.807, 2.05) is 0 Å².